The van der Waals surface area contributed by atoms with Crippen LogP contribution < -0.4 is 5.73 Å². The van der Waals surface area contributed by atoms with Gasteiger partial charge in [0.05, 0.1) is 11.9 Å². The van der Waals surface area contributed by atoms with Gasteiger partial charge in [0.25, 0.3) is 0 Å². The van der Waals surface area contributed by atoms with Crippen LogP contribution in [0, 0.1) is 0 Å². The lowest BCUT2D eigenvalue weighted by molar-refractivity contribution is -0.141. The van der Waals surface area contributed by atoms with Gasteiger partial charge >= 0.3 is 6.18 Å². The first-order chi connectivity index (χ1) is 10.4. The van der Waals surface area contributed by atoms with E-state index in [-0.39, 0.29) is 11.5 Å². The Kier molecular flexibility index (Phi) is 3.27. The van der Waals surface area contributed by atoms with E-state index in [4.69, 9.17) is 5.73 Å². The lowest BCUT2D eigenvalue weighted by Gasteiger charge is -2.09. The molecule has 2 N–H and O–H groups in total. The summed E-state index contributed by atoms with van der Waals surface area (Å²) >= 11 is 0. The summed E-state index contributed by atoms with van der Waals surface area (Å²) in [7, 11) is 0. The first-order valence-electron chi connectivity index (χ1n) is 6.70. The van der Waals surface area contributed by atoms with Crippen LogP contribution in [0.3, 0.4) is 0 Å². The fraction of sp³-hybridized carbons (Fsp3) is 0.200. The zero-order chi connectivity index (χ0) is 15.9. The Bertz CT molecular complexity index is 836. The van der Waals surface area contributed by atoms with Gasteiger partial charge in [0.15, 0.2) is 17.2 Å². The van der Waals surface area contributed by atoms with Crippen molar-refractivity contribution in [3.8, 4) is 11.3 Å². The average molecular weight is 306 g/mol. The molecule has 0 atom stereocenters. The third-order valence-corrected chi connectivity index (χ3v) is 3.44. The Morgan fingerprint density at radius 3 is 2.73 bits per heavy atom. The molecule has 0 bridgehead atoms. The minimum Gasteiger partial charge on any atom is -0.381 e. The number of hydrogen-bond donors (Lipinski definition) is 1. The van der Waals surface area contributed by atoms with Crippen molar-refractivity contribution >= 4 is 11.5 Å². The standard InChI is InChI=1S/C15H13F3N4/c1-2-9-4-3-5-10(6-9)11-7-20-14-13(19)21-12(8-22(11)14)15(16,17)18/h3-8H,2H2,1H3,(H2,19,21). The summed E-state index contributed by atoms with van der Waals surface area (Å²) in [5.74, 6) is -0.243. The number of halogens is 3. The largest absolute Gasteiger partial charge is 0.434 e. The lowest BCUT2D eigenvalue weighted by atomic mass is 10.1. The predicted molar refractivity (Wildman–Crippen MR) is 77.2 cm³/mol. The number of nitrogens with zero attached hydrogens (tertiary/aromatic N) is 3. The second kappa shape index (κ2) is 5.01. The van der Waals surface area contributed by atoms with Crippen LogP contribution in [-0.4, -0.2) is 14.4 Å². The Morgan fingerprint density at radius 1 is 1.27 bits per heavy atom. The van der Waals surface area contributed by atoms with Crippen molar-refractivity contribution in [3.05, 3.63) is 47.9 Å². The summed E-state index contributed by atoms with van der Waals surface area (Å²) in [6.45, 7) is 2.01. The molecule has 0 aliphatic heterocycles. The molecular formula is C15H13F3N4. The number of nitrogens with two attached hydrogens (primary N) is 1. The van der Waals surface area contributed by atoms with Crippen molar-refractivity contribution in [2.24, 2.45) is 0 Å². The van der Waals surface area contributed by atoms with Crippen LogP contribution in [0.4, 0.5) is 19.0 Å². The molecule has 0 fully saturated rings. The molecule has 3 aromatic rings. The summed E-state index contributed by atoms with van der Waals surface area (Å²) in [5, 5.41) is 0. The van der Waals surface area contributed by atoms with E-state index >= 15 is 0 Å². The second-order valence-corrected chi connectivity index (χ2v) is 4.90. The maximum absolute atomic E-state index is 12.9. The van der Waals surface area contributed by atoms with E-state index in [1.807, 2.05) is 31.2 Å². The SMILES string of the molecule is CCc1cccc(-c2cnc3c(N)nc(C(F)(F)F)cn23)c1. The molecule has 0 unspecified atom stereocenters. The van der Waals surface area contributed by atoms with E-state index in [0.29, 0.717) is 5.69 Å². The molecule has 0 radical (unpaired) electrons. The van der Waals surface area contributed by atoms with Gasteiger partial charge in [-0.05, 0) is 18.1 Å². The Hall–Kier alpha value is -2.57. The molecule has 3 rings (SSSR count). The Balaban J connectivity index is 2.24. The summed E-state index contributed by atoms with van der Waals surface area (Å²) in [4.78, 5) is 7.46. The van der Waals surface area contributed by atoms with Crippen LogP contribution in [-0.2, 0) is 12.6 Å². The van der Waals surface area contributed by atoms with Crippen LogP contribution in [0.15, 0.2) is 36.7 Å². The topological polar surface area (TPSA) is 56.2 Å². The van der Waals surface area contributed by atoms with Gasteiger partial charge in [-0.2, -0.15) is 13.2 Å². The monoisotopic (exact) mass is 306 g/mol. The van der Waals surface area contributed by atoms with Gasteiger partial charge in [-0.3, -0.25) is 4.40 Å². The van der Waals surface area contributed by atoms with Crippen molar-refractivity contribution in [3.63, 3.8) is 0 Å². The van der Waals surface area contributed by atoms with E-state index in [2.05, 4.69) is 9.97 Å². The maximum Gasteiger partial charge on any atom is 0.434 e. The van der Waals surface area contributed by atoms with Crippen LogP contribution in [0.2, 0.25) is 0 Å². The van der Waals surface area contributed by atoms with Crippen molar-refractivity contribution in [1.82, 2.24) is 14.4 Å². The zero-order valence-corrected chi connectivity index (χ0v) is 11.7. The summed E-state index contributed by atoms with van der Waals surface area (Å²) in [5.41, 5.74) is 7.20. The first kappa shape index (κ1) is 14.4. The fourth-order valence-corrected chi connectivity index (χ4v) is 2.31. The number of imidazole rings is 1. The van der Waals surface area contributed by atoms with E-state index < -0.39 is 11.9 Å². The van der Waals surface area contributed by atoms with Crippen molar-refractivity contribution in [2.75, 3.05) is 5.73 Å². The van der Waals surface area contributed by atoms with Gasteiger partial charge in [0.2, 0.25) is 0 Å². The van der Waals surface area contributed by atoms with Crippen molar-refractivity contribution in [1.29, 1.82) is 0 Å². The molecule has 114 valence electrons. The van der Waals surface area contributed by atoms with Gasteiger partial charge in [-0.15, -0.1) is 0 Å². The predicted octanol–water partition coefficient (Wildman–Crippen LogP) is 3.56. The van der Waals surface area contributed by atoms with Crippen LogP contribution in [0.1, 0.15) is 18.2 Å². The normalized spacial score (nSPS) is 12.0. The lowest BCUT2D eigenvalue weighted by Crippen LogP contribution is -2.12. The Morgan fingerprint density at radius 2 is 2.05 bits per heavy atom. The number of nitrogen functional groups attached to an aromatic ring is 1. The molecular weight excluding hydrogens is 293 g/mol. The summed E-state index contributed by atoms with van der Waals surface area (Å²) in [6, 6.07) is 7.58. The van der Waals surface area contributed by atoms with Gasteiger partial charge in [0.1, 0.15) is 0 Å². The number of rotatable bonds is 2. The molecule has 0 aliphatic rings. The maximum atomic E-state index is 12.9. The third-order valence-electron chi connectivity index (χ3n) is 3.44. The molecule has 0 amide bonds. The molecule has 0 spiro atoms. The highest BCUT2D eigenvalue weighted by Crippen LogP contribution is 2.31. The fourth-order valence-electron chi connectivity index (χ4n) is 2.31. The van der Waals surface area contributed by atoms with E-state index in [1.165, 1.54) is 10.6 Å². The first-order valence-corrected chi connectivity index (χ1v) is 6.70. The molecule has 22 heavy (non-hydrogen) atoms. The van der Waals surface area contributed by atoms with Crippen molar-refractivity contribution < 1.29 is 13.2 Å². The van der Waals surface area contributed by atoms with E-state index in [1.54, 1.807) is 0 Å². The second-order valence-electron chi connectivity index (χ2n) is 4.90. The van der Waals surface area contributed by atoms with E-state index in [9.17, 15) is 13.2 Å². The average Bonchev–Trinajstić information content (AvgIpc) is 2.91. The van der Waals surface area contributed by atoms with Gasteiger partial charge in [0, 0.05) is 11.8 Å². The number of benzene rings is 1. The van der Waals surface area contributed by atoms with Gasteiger partial charge < -0.3 is 5.73 Å². The smallest absolute Gasteiger partial charge is 0.381 e. The minimum absolute atomic E-state index is 0.213. The number of alkyl halides is 3. The third kappa shape index (κ3) is 2.38. The summed E-state index contributed by atoms with van der Waals surface area (Å²) < 4.78 is 40.0. The molecule has 2 aromatic heterocycles. The molecule has 4 nitrogen and oxygen atoms in total. The van der Waals surface area contributed by atoms with Crippen LogP contribution in [0.5, 0.6) is 0 Å². The molecule has 0 saturated heterocycles. The van der Waals surface area contributed by atoms with Crippen LogP contribution in [0.25, 0.3) is 16.9 Å². The molecule has 7 heteroatoms. The quantitative estimate of drug-likeness (QED) is 0.787. The number of anilines is 1. The molecule has 1 aromatic carbocycles. The van der Waals surface area contributed by atoms with Crippen LogP contribution >= 0.6 is 0 Å². The highest BCUT2D eigenvalue weighted by molar-refractivity contribution is 5.69. The molecule has 0 aliphatic carbocycles. The highest BCUT2D eigenvalue weighted by Gasteiger charge is 2.34. The van der Waals surface area contributed by atoms with Gasteiger partial charge in [-0.25, -0.2) is 9.97 Å². The van der Waals surface area contributed by atoms with Gasteiger partial charge in [-0.1, -0.05) is 25.1 Å². The highest BCUT2D eigenvalue weighted by atomic mass is 19.4. The number of aryl methyl sites for hydroxylation is 1. The summed E-state index contributed by atoms with van der Waals surface area (Å²) in [6.07, 6.45) is -1.30. The molecule has 2 heterocycles. The minimum atomic E-state index is -4.56. The Labute approximate surface area is 124 Å². The zero-order valence-electron chi connectivity index (χ0n) is 11.7. The van der Waals surface area contributed by atoms with E-state index in [0.717, 1.165) is 23.7 Å². The molecule has 0 saturated carbocycles. The van der Waals surface area contributed by atoms with Crippen molar-refractivity contribution in [2.45, 2.75) is 19.5 Å². The number of aromatic nitrogens is 3. The number of hydrogen-bond acceptors (Lipinski definition) is 3. The number of fused-ring (bicyclic) bond motifs is 1.